The van der Waals surface area contributed by atoms with Crippen LogP contribution in [0.5, 0.6) is 0 Å². The smallest absolute Gasteiger partial charge is 0.0541 e. The van der Waals surface area contributed by atoms with Gasteiger partial charge in [-0.3, -0.25) is 0 Å². The van der Waals surface area contributed by atoms with Crippen molar-refractivity contribution in [2.45, 2.75) is 105 Å². The SMILES string of the molecule is CC(C)(C)c1ccc2c(c1)c1cc(C(C)(C)C)ccc1n2-c1ccc(-c2ccc3[nH]c4ccc(-c5ccc(-n6c7ccc(C(C)(C)C)cc7c7cc(C(C)(C)C)ccc76)cc5)cc4c3c2)cc1. The number of rotatable bonds is 4. The van der Waals surface area contributed by atoms with Crippen LogP contribution in [0.2, 0.25) is 0 Å². The minimum atomic E-state index is 0.0645. The van der Waals surface area contributed by atoms with E-state index in [2.05, 4.69) is 255 Å². The first-order valence-corrected chi connectivity index (χ1v) is 24.2. The molecular formula is C64H63N3. The third-order valence-corrected chi connectivity index (χ3v) is 14.5. The molecule has 11 rings (SSSR count). The summed E-state index contributed by atoms with van der Waals surface area (Å²) in [6.07, 6.45) is 0. The van der Waals surface area contributed by atoms with Gasteiger partial charge in [-0.25, -0.2) is 0 Å². The maximum atomic E-state index is 3.70. The van der Waals surface area contributed by atoms with Gasteiger partial charge in [-0.15, -0.1) is 0 Å². The van der Waals surface area contributed by atoms with Gasteiger partial charge in [-0.1, -0.05) is 144 Å². The predicted molar refractivity (Wildman–Crippen MR) is 290 cm³/mol. The van der Waals surface area contributed by atoms with Crippen molar-refractivity contribution >= 4 is 65.4 Å². The lowest BCUT2D eigenvalue weighted by atomic mass is 9.85. The summed E-state index contributed by atoms with van der Waals surface area (Å²) in [6.45, 7) is 27.6. The lowest BCUT2D eigenvalue weighted by molar-refractivity contribution is 0.590. The first-order valence-electron chi connectivity index (χ1n) is 24.2. The summed E-state index contributed by atoms with van der Waals surface area (Å²) in [4.78, 5) is 3.70. The average molecular weight is 874 g/mol. The number of nitrogens with one attached hydrogen (secondary N) is 1. The number of hydrogen-bond donors (Lipinski definition) is 1. The van der Waals surface area contributed by atoms with Gasteiger partial charge in [0.05, 0.1) is 22.1 Å². The Labute approximate surface area is 396 Å². The molecule has 67 heavy (non-hydrogen) atoms. The second-order valence-electron chi connectivity index (χ2n) is 23.3. The Morgan fingerprint density at radius 2 is 0.537 bits per heavy atom. The monoisotopic (exact) mass is 874 g/mol. The van der Waals surface area contributed by atoms with Crippen molar-refractivity contribution in [3.63, 3.8) is 0 Å². The molecule has 0 aliphatic carbocycles. The molecule has 0 aliphatic rings. The lowest BCUT2D eigenvalue weighted by Gasteiger charge is -2.19. The summed E-state index contributed by atoms with van der Waals surface area (Å²) < 4.78 is 4.89. The summed E-state index contributed by atoms with van der Waals surface area (Å²) in [5, 5.41) is 7.71. The Morgan fingerprint density at radius 1 is 0.269 bits per heavy atom. The van der Waals surface area contributed by atoms with Crippen molar-refractivity contribution in [1.29, 1.82) is 0 Å². The predicted octanol–water partition coefficient (Wildman–Crippen LogP) is 18.0. The zero-order valence-corrected chi connectivity index (χ0v) is 41.4. The van der Waals surface area contributed by atoms with E-state index < -0.39 is 0 Å². The molecule has 0 bridgehead atoms. The van der Waals surface area contributed by atoms with E-state index >= 15 is 0 Å². The fraction of sp³-hybridized carbons (Fsp3) is 0.250. The van der Waals surface area contributed by atoms with E-state index in [0.717, 1.165) is 11.0 Å². The molecule has 3 nitrogen and oxygen atoms in total. The average Bonchev–Trinajstić information content (AvgIpc) is 3.94. The molecule has 0 fully saturated rings. The largest absolute Gasteiger partial charge is 0.355 e. The third-order valence-electron chi connectivity index (χ3n) is 14.5. The van der Waals surface area contributed by atoms with Crippen molar-refractivity contribution < 1.29 is 0 Å². The van der Waals surface area contributed by atoms with Crippen LogP contribution >= 0.6 is 0 Å². The molecule has 11 aromatic rings. The molecule has 0 radical (unpaired) electrons. The molecule has 0 saturated carbocycles. The Balaban J connectivity index is 0.943. The van der Waals surface area contributed by atoms with Crippen LogP contribution in [0.3, 0.4) is 0 Å². The summed E-state index contributed by atoms with van der Waals surface area (Å²) in [6, 6.07) is 60.2. The number of fused-ring (bicyclic) bond motifs is 9. The summed E-state index contributed by atoms with van der Waals surface area (Å²) in [7, 11) is 0. The lowest BCUT2D eigenvalue weighted by Crippen LogP contribution is -2.10. The molecule has 0 amide bonds. The Hall–Kier alpha value is -6.84. The zero-order chi connectivity index (χ0) is 46.9. The van der Waals surface area contributed by atoms with Crippen LogP contribution in [0.15, 0.2) is 158 Å². The Morgan fingerprint density at radius 3 is 0.806 bits per heavy atom. The fourth-order valence-electron chi connectivity index (χ4n) is 10.3. The van der Waals surface area contributed by atoms with Crippen LogP contribution in [0.25, 0.3) is 99.0 Å². The van der Waals surface area contributed by atoms with Crippen molar-refractivity contribution in [3.05, 3.63) is 180 Å². The van der Waals surface area contributed by atoms with Gasteiger partial charge in [0, 0.05) is 54.7 Å². The van der Waals surface area contributed by atoms with Gasteiger partial charge in [-0.2, -0.15) is 0 Å². The van der Waals surface area contributed by atoms with Crippen LogP contribution in [0.1, 0.15) is 105 Å². The van der Waals surface area contributed by atoms with E-state index in [-0.39, 0.29) is 21.7 Å². The van der Waals surface area contributed by atoms with Crippen LogP contribution in [-0.4, -0.2) is 14.1 Å². The number of aromatic nitrogens is 3. The molecule has 3 aromatic heterocycles. The normalized spacial score (nSPS) is 13.1. The summed E-state index contributed by atoms with van der Waals surface area (Å²) >= 11 is 0. The molecule has 0 unspecified atom stereocenters. The molecule has 1 N–H and O–H groups in total. The highest BCUT2D eigenvalue weighted by molar-refractivity contribution is 6.12. The van der Waals surface area contributed by atoms with Crippen molar-refractivity contribution in [2.75, 3.05) is 0 Å². The summed E-state index contributed by atoms with van der Waals surface area (Å²) in [5.74, 6) is 0. The second-order valence-corrected chi connectivity index (χ2v) is 23.3. The van der Waals surface area contributed by atoms with E-state index in [4.69, 9.17) is 0 Å². The van der Waals surface area contributed by atoms with Gasteiger partial charge >= 0.3 is 0 Å². The fourth-order valence-corrected chi connectivity index (χ4v) is 10.3. The second kappa shape index (κ2) is 14.8. The first-order chi connectivity index (χ1) is 31.7. The van der Waals surface area contributed by atoms with Crippen LogP contribution in [0, 0.1) is 0 Å². The number of benzene rings is 8. The van der Waals surface area contributed by atoms with Crippen molar-refractivity contribution in [2.24, 2.45) is 0 Å². The third kappa shape index (κ3) is 7.26. The highest BCUT2D eigenvalue weighted by atomic mass is 15.0. The Bertz CT molecular complexity index is 3350. The number of nitrogens with zero attached hydrogens (tertiary/aromatic N) is 2. The van der Waals surface area contributed by atoms with Gasteiger partial charge in [0.1, 0.15) is 0 Å². The molecule has 8 aromatic carbocycles. The molecule has 0 aliphatic heterocycles. The quantitative estimate of drug-likeness (QED) is 0.182. The van der Waals surface area contributed by atoms with E-state index in [9.17, 15) is 0 Å². The Kier molecular flexibility index (Phi) is 9.47. The van der Waals surface area contributed by atoms with Crippen LogP contribution in [-0.2, 0) is 21.7 Å². The highest BCUT2D eigenvalue weighted by Gasteiger charge is 2.23. The van der Waals surface area contributed by atoms with E-state index in [1.165, 1.54) is 110 Å². The van der Waals surface area contributed by atoms with Gasteiger partial charge in [0.25, 0.3) is 0 Å². The van der Waals surface area contributed by atoms with Gasteiger partial charge in [0.15, 0.2) is 0 Å². The van der Waals surface area contributed by atoms with Crippen molar-refractivity contribution in [1.82, 2.24) is 14.1 Å². The number of aromatic amines is 1. The minimum absolute atomic E-state index is 0.0645. The van der Waals surface area contributed by atoms with Gasteiger partial charge < -0.3 is 14.1 Å². The van der Waals surface area contributed by atoms with Crippen molar-refractivity contribution in [3.8, 4) is 33.6 Å². The maximum absolute atomic E-state index is 3.70. The standard InChI is InChI=1S/C64H63N3/c1-61(2,3)43-19-29-57-51(35-43)52-36-44(62(4,5)6)20-30-58(52)66(57)47-23-13-39(14-24-47)41-17-27-55-49(33-41)50-34-42(18-28-56(50)65-55)40-15-25-48(26-16-40)67-59-31-21-45(63(7,8)9)37-53(59)54-38-46(64(10,11)12)22-32-60(54)67/h13-38,65H,1-12H3. The molecule has 3 heteroatoms. The van der Waals surface area contributed by atoms with Gasteiger partial charge in [0.2, 0.25) is 0 Å². The maximum Gasteiger partial charge on any atom is 0.0541 e. The van der Waals surface area contributed by atoms with E-state index in [1.54, 1.807) is 0 Å². The van der Waals surface area contributed by atoms with Gasteiger partial charge in [-0.05, 0) is 163 Å². The molecule has 0 saturated heterocycles. The molecule has 0 spiro atoms. The van der Waals surface area contributed by atoms with E-state index in [0.29, 0.717) is 0 Å². The molecular weight excluding hydrogens is 811 g/mol. The van der Waals surface area contributed by atoms with Crippen LogP contribution in [0.4, 0.5) is 0 Å². The van der Waals surface area contributed by atoms with E-state index in [1.807, 2.05) is 0 Å². The molecule has 334 valence electrons. The minimum Gasteiger partial charge on any atom is -0.355 e. The molecule has 0 atom stereocenters. The highest BCUT2D eigenvalue weighted by Crippen LogP contribution is 2.41. The topological polar surface area (TPSA) is 25.6 Å². The summed E-state index contributed by atoms with van der Waals surface area (Å²) in [5.41, 5.74) is 20.1. The zero-order valence-electron chi connectivity index (χ0n) is 41.4. The first kappa shape index (κ1) is 42.8. The number of H-pyrrole nitrogens is 1. The van der Waals surface area contributed by atoms with Crippen LogP contribution < -0.4 is 0 Å². The molecule has 3 heterocycles. The number of hydrogen-bond acceptors (Lipinski definition) is 0.